The lowest BCUT2D eigenvalue weighted by Gasteiger charge is -2.08. The van der Waals surface area contributed by atoms with Gasteiger partial charge in [-0.2, -0.15) is 5.26 Å². The van der Waals surface area contributed by atoms with Crippen LogP contribution in [0.1, 0.15) is 5.56 Å². The molecule has 0 amide bonds. The molecule has 0 saturated heterocycles. The monoisotopic (exact) mass is 524 g/mol. The number of fused-ring (bicyclic) bond motifs is 9. The molecule has 0 saturated carbocycles. The van der Waals surface area contributed by atoms with Gasteiger partial charge in [0.1, 0.15) is 16.7 Å². The molecule has 3 heterocycles. The van der Waals surface area contributed by atoms with Gasteiger partial charge < -0.3 is 13.4 Å². The van der Waals surface area contributed by atoms with Gasteiger partial charge in [-0.15, -0.1) is 0 Å². The second-order valence-corrected chi connectivity index (χ2v) is 10.4. The van der Waals surface area contributed by atoms with Gasteiger partial charge in [0.25, 0.3) is 0 Å². The Morgan fingerprint density at radius 1 is 0.537 bits per heavy atom. The van der Waals surface area contributed by atoms with Crippen LogP contribution in [0.2, 0.25) is 0 Å². The van der Waals surface area contributed by atoms with E-state index in [0.29, 0.717) is 5.56 Å². The zero-order valence-corrected chi connectivity index (χ0v) is 21.8. The second-order valence-electron chi connectivity index (χ2n) is 10.4. The molecule has 4 nitrogen and oxygen atoms in total. The average molecular weight is 525 g/mol. The molecule has 9 aromatic rings. The largest absolute Gasteiger partial charge is 0.456 e. The number of nitrogens with zero attached hydrogens (tertiary/aromatic N) is 2. The van der Waals surface area contributed by atoms with Crippen molar-refractivity contribution in [3.8, 4) is 22.9 Å². The summed E-state index contributed by atoms with van der Waals surface area (Å²) in [7, 11) is 0. The predicted molar refractivity (Wildman–Crippen MR) is 165 cm³/mol. The minimum atomic E-state index is 0.629. The molecule has 0 unspecified atom stereocenters. The van der Waals surface area contributed by atoms with Crippen molar-refractivity contribution >= 4 is 65.7 Å². The summed E-state index contributed by atoms with van der Waals surface area (Å²) >= 11 is 0. The summed E-state index contributed by atoms with van der Waals surface area (Å²) in [6, 6.07) is 43.7. The molecule has 4 heteroatoms. The summed E-state index contributed by atoms with van der Waals surface area (Å²) in [6.45, 7) is 0. The van der Waals surface area contributed by atoms with E-state index in [9.17, 15) is 5.26 Å². The van der Waals surface area contributed by atoms with Gasteiger partial charge in [0.2, 0.25) is 0 Å². The lowest BCUT2D eigenvalue weighted by molar-refractivity contribution is 0.666. The molecule has 0 atom stereocenters. The number of hydrogen-bond donors (Lipinski definition) is 0. The van der Waals surface area contributed by atoms with Gasteiger partial charge in [-0.05, 0) is 59.7 Å². The average Bonchev–Trinajstić information content (AvgIpc) is 3.69. The van der Waals surface area contributed by atoms with Crippen LogP contribution in [0, 0.1) is 11.3 Å². The molecule has 9 rings (SSSR count). The van der Waals surface area contributed by atoms with E-state index in [-0.39, 0.29) is 0 Å². The first-order valence-corrected chi connectivity index (χ1v) is 13.6. The van der Waals surface area contributed by atoms with Crippen molar-refractivity contribution in [3.63, 3.8) is 0 Å². The highest BCUT2D eigenvalue weighted by Crippen LogP contribution is 2.41. The number of hydrogen-bond acceptors (Lipinski definition) is 3. The molecular formula is C37H20N2O2. The van der Waals surface area contributed by atoms with Crippen LogP contribution in [0.25, 0.3) is 82.5 Å². The zero-order chi connectivity index (χ0) is 27.1. The summed E-state index contributed by atoms with van der Waals surface area (Å²) in [5.74, 6) is 0. The Labute approximate surface area is 233 Å². The number of furan rings is 2. The van der Waals surface area contributed by atoms with E-state index >= 15 is 0 Å². The Bertz CT molecular complexity index is 2550. The molecular weight excluding hydrogens is 504 g/mol. The fourth-order valence-electron chi connectivity index (χ4n) is 6.44. The third-order valence-corrected chi connectivity index (χ3v) is 8.23. The molecule has 6 aromatic carbocycles. The third kappa shape index (κ3) is 3.03. The van der Waals surface area contributed by atoms with Crippen LogP contribution in [0.3, 0.4) is 0 Å². The Balaban J connectivity index is 1.32. The van der Waals surface area contributed by atoms with Crippen LogP contribution in [0.5, 0.6) is 0 Å². The number of para-hydroxylation sites is 3. The van der Waals surface area contributed by atoms with Gasteiger partial charge >= 0.3 is 0 Å². The molecule has 0 fully saturated rings. The highest BCUT2D eigenvalue weighted by Gasteiger charge is 2.19. The number of aromatic nitrogens is 1. The smallest absolute Gasteiger partial charge is 0.159 e. The molecule has 0 N–H and O–H groups in total. The summed E-state index contributed by atoms with van der Waals surface area (Å²) in [5, 5.41) is 16.2. The molecule has 0 aliphatic rings. The summed E-state index contributed by atoms with van der Waals surface area (Å²) in [5.41, 5.74) is 9.29. The van der Waals surface area contributed by atoms with E-state index in [1.807, 2.05) is 48.5 Å². The molecule has 190 valence electrons. The quantitative estimate of drug-likeness (QED) is 0.226. The topological polar surface area (TPSA) is 55.0 Å². The van der Waals surface area contributed by atoms with Crippen molar-refractivity contribution in [2.45, 2.75) is 0 Å². The van der Waals surface area contributed by atoms with Gasteiger partial charge in [-0.25, -0.2) is 0 Å². The minimum absolute atomic E-state index is 0.629. The van der Waals surface area contributed by atoms with Crippen molar-refractivity contribution < 1.29 is 8.83 Å². The fourth-order valence-corrected chi connectivity index (χ4v) is 6.44. The van der Waals surface area contributed by atoms with Crippen LogP contribution in [0.4, 0.5) is 0 Å². The maximum Gasteiger partial charge on any atom is 0.159 e. The second kappa shape index (κ2) is 8.11. The van der Waals surface area contributed by atoms with E-state index in [1.54, 1.807) is 0 Å². The first kappa shape index (κ1) is 22.1. The standard InChI is InChI=1S/C37H20N2O2/c38-21-22-15-17-26-25-7-1-3-11-30(25)39(32(26)19-22)31-12-5-10-27-29-20-23(16-18-34(29)41-37(27)31)24-9-6-14-35-36(24)28-8-2-4-13-33(28)40-35/h1-20H. The van der Waals surface area contributed by atoms with Gasteiger partial charge in [-0.3, -0.25) is 0 Å². The van der Waals surface area contributed by atoms with Crippen LogP contribution >= 0.6 is 0 Å². The molecule has 0 bridgehead atoms. The predicted octanol–water partition coefficient (Wildman–Crippen LogP) is 10.1. The molecule has 0 radical (unpaired) electrons. The summed E-state index contributed by atoms with van der Waals surface area (Å²) in [4.78, 5) is 0. The maximum atomic E-state index is 9.65. The highest BCUT2D eigenvalue weighted by molar-refractivity contribution is 6.15. The number of nitriles is 1. The van der Waals surface area contributed by atoms with Crippen molar-refractivity contribution in [2.75, 3.05) is 0 Å². The first-order valence-electron chi connectivity index (χ1n) is 13.6. The van der Waals surface area contributed by atoms with Crippen LogP contribution < -0.4 is 0 Å². The lowest BCUT2D eigenvalue weighted by atomic mass is 9.98. The van der Waals surface area contributed by atoms with Gasteiger partial charge in [0, 0.05) is 32.3 Å². The van der Waals surface area contributed by atoms with Crippen molar-refractivity contribution in [2.24, 2.45) is 0 Å². The van der Waals surface area contributed by atoms with E-state index in [2.05, 4.69) is 83.4 Å². The van der Waals surface area contributed by atoms with Gasteiger partial charge in [0.05, 0.1) is 28.4 Å². The van der Waals surface area contributed by atoms with Crippen LogP contribution in [-0.2, 0) is 0 Å². The zero-order valence-electron chi connectivity index (χ0n) is 21.8. The lowest BCUT2D eigenvalue weighted by Crippen LogP contribution is -1.94. The minimum Gasteiger partial charge on any atom is -0.456 e. The summed E-state index contributed by atoms with van der Waals surface area (Å²) in [6.07, 6.45) is 0. The van der Waals surface area contributed by atoms with Crippen molar-refractivity contribution in [1.29, 1.82) is 5.26 Å². The van der Waals surface area contributed by atoms with Crippen molar-refractivity contribution in [1.82, 2.24) is 4.57 Å². The van der Waals surface area contributed by atoms with E-state index < -0.39 is 0 Å². The highest BCUT2D eigenvalue weighted by atomic mass is 16.3. The SMILES string of the molecule is N#Cc1ccc2c3ccccc3n(-c3cccc4c3oc3ccc(-c5cccc6oc7ccccc7c56)cc34)c2c1. The third-order valence-electron chi connectivity index (χ3n) is 8.23. The normalized spacial score (nSPS) is 11.9. The van der Waals surface area contributed by atoms with E-state index in [0.717, 1.165) is 82.5 Å². The Morgan fingerprint density at radius 2 is 1.29 bits per heavy atom. The van der Waals surface area contributed by atoms with E-state index in [4.69, 9.17) is 8.83 Å². The number of rotatable bonds is 2. The Kier molecular flexibility index (Phi) is 4.37. The maximum absolute atomic E-state index is 9.65. The number of benzene rings is 6. The molecule has 0 spiro atoms. The van der Waals surface area contributed by atoms with Crippen LogP contribution in [0.15, 0.2) is 130 Å². The molecule has 41 heavy (non-hydrogen) atoms. The molecule has 0 aliphatic carbocycles. The summed E-state index contributed by atoms with van der Waals surface area (Å²) < 4.78 is 15.0. The Morgan fingerprint density at radius 3 is 2.22 bits per heavy atom. The first-order chi connectivity index (χ1) is 20.3. The van der Waals surface area contributed by atoms with Crippen LogP contribution in [-0.4, -0.2) is 4.57 Å². The fraction of sp³-hybridized carbons (Fsp3) is 0. The molecule has 0 aliphatic heterocycles. The van der Waals surface area contributed by atoms with Gasteiger partial charge in [-0.1, -0.05) is 72.8 Å². The van der Waals surface area contributed by atoms with Gasteiger partial charge in [0.15, 0.2) is 5.58 Å². The van der Waals surface area contributed by atoms with E-state index in [1.165, 1.54) is 0 Å². The Hall–Kier alpha value is -5.79. The molecule has 3 aromatic heterocycles. The van der Waals surface area contributed by atoms with Crippen molar-refractivity contribution in [3.05, 3.63) is 127 Å².